The molecule has 5 heteroatoms. The molecule has 0 radical (unpaired) electrons. The normalized spacial score (nSPS) is 12.6. The van der Waals surface area contributed by atoms with E-state index in [2.05, 4.69) is 5.32 Å². The Bertz CT molecular complexity index is 403. The van der Waals surface area contributed by atoms with Crippen LogP contribution >= 0.6 is 0 Å². The summed E-state index contributed by atoms with van der Waals surface area (Å²) in [7, 11) is 0. The van der Waals surface area contributed by atoms with Crippen LogP contribution in [0.3, 0.4) is 0 Å². The topological polar surface area (TPSA) is 89.8 Å². The first-order valence-corrected chi connectivity index (χ1v) is 5.39. The lowest BCUT2D eigenvalue weighted by Gasteiger charge is -2.18. The number of aliphatic carboxylic acids is 1. The van der Waals surface area contributed by atoms with Gasteiger partial charge in [0.25, 0.3) is 0 Å². The fourth-order valence-corrected chi connectivity index (χ4v) is 1.55. The molecule has 1 rings (SSSR count). The number of phenolic OH excluding ortho intramolecular Hbond substituents is 2. The summed E-state index contributed by atoms with van der Waals surface area (Å²) in [5.74, 6) is -1.42. The number of carboxylic acids is 1. The Morgan fingerprint density at radius 2 is 2.00 bits per heavy atom. The van der Waals surface area contributed by atoms with Crippen molar-refractivity contribution in [3.63, 3.8) is 0 Å². The summed E-state index contributed by atoms with van der Waals surface area (Å²) in [6, 6.07) is 3.91. The van der Waals surface area contributed by atoms with Gasteiger partial charge in [-0.05, 0) is 12.0 Å². The maximum Gasteiger partial charge on any atom is 0.320 e. The Hall–Kier alpha value is -1.75. The zero-order valence-corrected chi connectivity index (χ0v) is 9.84. The van der Waals surface area contributed by atoms with Crippen molar-refractivity contribution in [1.29, 1.82) is 0 Å². The Morgan fingerprint density at radius 3 is 2.53 bits per heavy atom. The number of nitrogens with one attached hydrogen (secondary N) is 1. The summed E-state index contributed by atoms with van der Waals surface area (Å²) in [5.41, 5.74) is 0.469. The minimum absolute atomic E-state index is 0.0630. The molecule has 1 atom stereocenters. The highest BCUT2D eigenvalue weighted by atomic mass is 16.4. The highest BCUT2D eigenvalue weighted by Gasteiger charge is 2.21. The third-order valence-corrected chi connectivity index (χ3v) is 2.54. The van der Waals surface area contributed by atoms with Gasteiger partial charge in [0.05, 0.1) is 0 Å². The highest BCUT2D eigenvalue weighted by molar-refractivity contribution is 5.73. The molecule has 0 aromatic heterocycles. The molecule has 0 aliphatic carbocycles. The summed E-state index contributed by atoms with van der Waals surface area (Å²) in [5, 5.41) is 30.6. The number of carbonyl (C=O) groups is 1. The zero-order chi connectivity index (χ0) is 13.0. The van der Waals surface area contributed by atoms with Crippen LogP contribution in [0.2, 0.25) is 0 Å². The Balaban J connectivity index is 2.72. The lowest BCUT2D eigenvalue weighted by molar-refractivity contribution is -0.140. The molecule has 0 aliphatic heterocycles. The van der Waals surface area contributed by atoms with E-state index in [9.17, 15) is 15.0 Å². The number of aromatic hydroxyl groups is 2. The average molecular weight is 239 g/mol. The maximum absolute atomic E-state index is 10.9. The van der Waals surface area contributed by atoms with E-state index in [1.54, 1.807) is 26.0 Å². The summed E-state index contributed by atoms with van der Waals surface area (Å²) >= 11 is 0. The number of hydrogen-bond acceptors (Lipinski definition) is 4. The third-order valence-electron chi connectivity index (χ3n) is 2.54. The van der Waals surface area contributed by atoms with Crippen LogP contribution in [-0.4, -0.2) is 27.3 Å². The Labute approximate surface area is 99.7 Å². The van der Waals surface area contributed by atoms with Crippen molar-refractivity contribution in [3.05, 3.63) is 23.8 Å². The van der Waals surface area contributed by atoms with Crippen molar-refractivity contribution in [2.24, 2.45) is 5.92 Å². The van der Waals surface area contributed by atoms with Gasteiger partial charge in [-0.25, -0.2) is 0 Å². The Kier molecular flexibility index (Phi) is 4.34. The van der Waals surface area contributed by atoms with Gasteiger partial charge in [-0.2, -0.15) is 0 Å². The number of para-hydroxylation sites is 1. The number of benzene rings is 1. The largest absolute Gasteiger partial charge is 0.504 e. The molecule has 0 bridgehead atoms. The van der Waals surface area contributed by atoms with E-state index in [4.69, 9.17) is 5.11 Å². The van der Waals surface area contributed by atoms with Crippen molar-refractivity contribution in [3.8, 4) is 11.5 Å². The van der Waals surface area contributed by atoms with Crippen LogP contribution in [0.1, 0.15) is 19.4 Å². The number of carboxylic acid groups (broad SMARTS) is 1. The van der Waals surface area contributed by atoms with Gasteiger partial charge in [0.2, 0.25) is 0 Å². The van der Waals surface area contributed by atoms with Gasteiger partial charge in [-0.1, -0.05) is 26.0 Å². The fraction of sp³-hybridized carbons (Fsp3) is 0.417. The molecule has 94 valence electrons. The van der Waals surface area contributed by atoms with Crippen LogP contribution < -0.4 is 5.32 Å². The molecule has 1 aromatic rings. The molecule has 1 unspecified atom stereocenters. The van der Waals surface area contributed by atoms with E-state index >= 15 is 0 Å². The van der Waals surface area contributed by atoms with E-state index < -0.39 is 12.0 Å². The van der Waals surface area contributed by atoms with E-state index in [0.29, 0.717) is 5.56 Å². The lowest BCUT2D eigenvalue weighted by Crippen LogP contribution is -2.40. The number of phenols is 2. The number of rotatable bonds is 5. The predicted octanol–water partition coefficient (Wildman–Crippen LogP) is 1.30. The molecular weight excluding hydrogens is 222 g/mol. The monoisotopic (exact) mass is 239 g/mol. The molecule has 0 saturated heterocycles. The number of hydrogen-bond donors (Lipinski definition) is 4. The van der Waals surface area contributed by atoms with Gasteiger partial charge in [0.15, 0.2) is 11.5 Å². The zero-order valence-electron chi connectivity index (χ0n) is 9.84. The second kappa shape index (κ2) is 5.54. The van der Waals surface area contributed by atoms with Crippen LogP contribution in [0.25, 0.3) is 0 Å². The third kappa shape index (κ3) is 3.35. The Morgan fingerprint density at radius 1 is 1.35 bits per heavy atom. The van der Waals surface area contributed by atoms with Crippen LogP contribution in [0, 0.1) is 5.92 Å². The molecule has 0 fully saturated rings. The first-order valence-electron chi connectivity index (χ1n) is 5.39. The van der Waals surface area contributed by atoms with Crippen LogP contribution in [-0.2, 0) is 11.3 Å². The second-order valence-electron chi connectivity index (χ2n) is 4.23. The summed E-state index contributed by atoms with van der Waals surface area (Å²) in [4.78, 5) is 10.9. The summed E-state index contributed by atoms with van der Waals surface area (Å²) < 4.78 is 0. The molecule has 0 spiro atoms. The summed E-state index contributed by atoms with van der Waals surface area (Å²) in [6.45, 7) is 3.79. The van der Waals surface area contributed by atoms with Gasteiger partial charge in [0.1, 0.15) is 6.04 Å². The molecular formula is C12H17NO4. The van der Waals surface area contributed by atoms with Crippen molar-refractivity contribution in [1.82, 2.24) is 5.32 Å². The van der Waals surface area contributed by atoms with Gasteiger partial charge in [-0.3, -0.25) is 10.1 Å². The molecule has 0 amide bonds. The SMILES string of the molecule is CC(C)C(NCc1cccc(O)c1O)C(=O)O. The van der Waals surface area contributed by atoms with E-state index in [-0.39, 0.29) is 24.0 Å². The van der Waals surface area contributed by atoms with Gasteiger partial charge in [0, 0.05) is 12.1 Å². The minimum Gasteiger partial charge on any atom is -0.504 e. The summed E-state index contributed by atoms with van der Waals surface area (Å²) in [6.07, 6.45) is 0. The highest BCUT2D eigenvalue weighted by Crippen LogP contribution is 2.28. The second-order valence-corrected chi connectivity index (χ2v) is 4.23. The van der Waals surface area contributed by atoms with Crippen molar-refractivity contribution in [2.75, 3.05) is 0 Å². The average Bonchev–Trinajstić information content (AvgIpc) is 2.23. The van der Waals surface area contributed by atoms with Crippen LogP contribution in [0.5, 0.6) is 11.5 Å². The fourth-order valence-electron chi connectivity index (χ4n) is 1.55. The van der Waals surface area contributed by atoms with E-state index in [0.717, 1.165) is 0 Å². The minimum atomic E-state index is -0.931. The maximum atomic E-state index is 10.9. The molecule has 1 aromatic carbocycles. The molecule has 17 heavy (non-hydrogen) atoms. The molecule has 4 N–H and O–H groups in total. The standard InChI is InChI=1S/C12H17NO4/c1-7(2)10(12(16)17)13-6-8-4-3-5-9(14)11(8)15/h3-5,7,10,13-15H,6H2,1-2H3,(H,16,17). The molecule has 0 heterocycles. The lowest BCUT2D eigenvalue weighted by atomic mass is 10.0. The smallest absolute Gasteiger partial charge is 0.320 e. The quantitative estimate of drug-likeness (QED) is 0.581. The van der Waals surface area contributed by atoms with Crippen molar-refractivity contribution < 1.29 is 20.1 Å². The van der Waals surface area contributed by atoms with Gasteiger partial charge >= 0.3 is 5.97 Å². The van der Waals surface area contributed by atoms with Gasteiger partial charge in [-0.15, -0.1) is 0 Å². The van der Waals surface area contributed by atoms with Crippen LogP contribution in [0.15, 0.2) is 18.2 Å². The molecule has 0 aliphatic rings. The molecule has 0 saturated carbocycles. The van der Waals surface area contributed by atoms with Crippen molar-refractivity contribution >= 4 is 5.97 Å². The predicted molar refractivity (Wildman–Crippen MR) is 62.9 cm³/mol. The first kappa shape index (κ1) is 13.3. The molecule has 5 nitrogen and oxygen atoms in total. The van der Waals surface area contributed by atoms with Crippen molar-refractivity contribution in [2.45, 2.75) is 26.4 Å². The first-order chi connectivity index (χ1) is 7.93. The van der Waals surface area contributed by atoms with E-state index in [1.807, 2.05) is 0 Å². The van der Waals surface area contributed by atoms with E-state index in [1.165, 1.54) is 6.07 Å². The van der Waals surface area contributed by atoms with Crippen LogP contribution in [0.4, 0.5) is 0 Å². The van der Waals surface area contributed by atoms with Gasteiger partial charge < -0.3 is 15.3 Å².